The molecule has 0 radical (unpaired) electrons. The number of rotatable bonds is 5. The summed E-state index contributed by atoms with van der Waals surface area (Å²) < 4.78 is 5.30. The summed E-state index contributed by atoms with van der Waals surface area (Å²) in [5.41, 5.74) is 2.79. The summed E-state index contributed by atoms with van der Waals surface area (Å²) in [7, 11) is 1.60. The summed E-state index contributed by atoms with van der Waals surface area (Å²) in [6, 6.07) is 9.50. The van der Waals surface area contributed by atoms with E-state index in [1.165, 1.54) is 0 Å². The molecule has 1 saturated heterocycles. The highest BCUT2D eigenvalue weighted by Crippen LogP contribution is 2.24. The predicted octanol–water partition coefficient (Wildman–Crippen LogP) is 1.33. The molecule has 0 spiro atoms. The molecule has 1 aliphatic rings. The van der Waals surface area contributed by atoms with Crippen LogP contribution in [-0.2, 0) is 17.6 Å². The highest BCUT2D eigenvalue weighted by atomic mass is 16.5. The van der Waals surface area contributed by atoms with Crippen molar-refractivity contribution >= 4 is 5.91 Å². The zero-order valence-electron chi connectivity index (χ0n) is 14.0. The fourth-order valence-electron chi connectivity index (χ4n) is 3.23. The molecule has 0 unspecified atom stereocenters. The second kappa shape index (κ2) is 7.05. The Morgan fingerprint density at radius 1 is 1.42 bits per heavy atom. The van der Waals surface area contributed by atoms with E-state index in [0.29, 0.717) is 25.3 Å². The van der Waals surface area contributed by atoms with Gasteiger partial charge in [0, 0.05) is 30.3 Å². The molecule has 1 fully saturated rings. The number of β-amino-alcohol motifs (C(OH)–C–C–N with tert-alkyl or cyclic N) is 1. The molecule has 3 rings (SSSR count). The van der Waals surface area contributed by atoms with Gasteiger partial charge in [-0.25, -0.2) is 0 Å². The molecule has 0 bridgehead atoms. The van der Waals surface area contributed by atoms with Gasteiger partial charge in [-0.1, -0.05) is 18.2 Å². The Morgan fingerprint density at radius 2 is 2.21 bits per heavy atom. The fraction of sp³-hybridized carbons (Fsp3) is 0.444. The van der Waals surface area contributed by atoms with Crippen LogP contribution in [0.15, 0.2) is 30.3 Å². The lowest BCUT2D eigenvalue weighted by Gasteiger charge is -2.17. The van der Waals surface area contributed by atoms with E-state index in [9.17, 15) is 9.90 Å². The van der Waals surface area contributed by atoms with Crippen LogP contribution in [0, 0.1) is 12.8 Å². The number of hydrogen-bond donors (Lipinski definition) is 2. The maximum atomic E-state index is 12.6. The number of hydrogen-bond acceptors (Lipinski definition) is 4. The van der Waals surface area contributed by atoms with Gasteiger partial charge in [-0.3, -0.25) is 9.89 Å². The maximum absolute atomic E-state index is 12.6. The number of aromatic nitrogens is 2. The minimum atomic E-state index is -0.511. The number of H-pyrrole nitrogens is 1. The normalized spacial score (nSPS) is 20.4. The standard InChI is InChI=1S/C18H23N3O3/c1-12-7-15(20-19-12)8-14-10-21(11-16(14)22)18(23)9-13-5-3-4-6-17(13)24-2/h3-7,14,16,22H,8-11H2,1-2H3,(H,19,20)/t14-,16-/m1/s1. The summed E-state index contributed by atoms with van der Waals surface area (Å²) in [4.78, 5) is 14.3. The molecule has 1 amide bonds. The average molecular weight is 329 g/mol. The van der Waals surface area contributed by atoms with Gasteiger partial charge >= 0.3 is 0 Å². The van der Waals surface area contributed by atoms with Crippen molar-refractivity contribution in [2.45, 2.75) is 25.9 Å². The van der Waals surface area contributed by atoms with Crippen molar-refractivity contribution in [2.24, 2.45) is 5.92 Å². The van der Waals surface area contributed by atoms with Crippen LogP contribution in [0.1, 0.15) is 17.0 Å². The van der Waals surface area contributed by atoms with E-state index in [1.807, 2.05) is 37.3 Å². The summed E-state index contributed by atoms with van der Waals surface area (Å²) in [6.07, 6.45) is 0.443. The third-order valence-electron chi connectivity index (χ3n) is 4.52. The van der Waals surface area contributed by atoms with Crippen LogP contribution in [0.2, 0.25) is 0 Å². The Hall–Kier alpha value is -2.34. The molecule has 1 aromatic heterocycles. The number of carbonyl (C=O) groups is 1. The fourth-order valence-corrected chi connectivity index (χ4v) is 3.23. The first-order chi connectivity index (χ1) is 11.6. The first kappa shape index (κ1) is 16.5. The van der Waals surface area contributed by atoms with Crippen LogP contribution in [0.5, 0.6) is 5.75 Å². The van der Waals surface area contributed by atoms with Gasteiger partial charge in [0.2, 0.25) is 5.91 Å². The molecule has 2 atom stereocenters. The Balaban J connectivity index is 1.62. The van der Waals surface area contributed by atoms with Crippen LogP contribution in [0.3, 0.4) is 0 Å². The molecule has 0 aliphatic carbocycles. The monoisotopic (exact) mass is 329 g/mol. The largest absolute Gasteiger partial charge is 0.496 e. The van der Waals surface area contributed by atoms with Crippen molar-refractivity contribution < 1.29 is 14.6 Å². The lowest BCUT2D eigenvalue weighted by atomic mass is 10.0. The average Bonchev–Trinajstić information content (AvgIpc) is 3.14. The van der Waals surface area contributed by atoms with E-state index in [1.54, 1.807) is 12.0 Å². The van der Waals surface area contributed by atoms with E-state index >= 15 is 0 Å². The Bertz CT molecular complexity index is 713. The first-order valence-electron chi connectivity index (χ1n) is 8.15. The number of benzene rings is 1. The number of nitrogens with one attached hydrogen (secondary N) is 1. The van der Waals surface area contributed by atoms with Gasteiger partial charge in [0.1, 0.15) is 5.75 Å². The van der Waals surface area contributed by atoms with Crippen LogP contribution < -0.4 is 4.74 Å². The van der Waals surface area contributed by atoms with E-state index in [-0.39, 0.29) is 18.2 Å². The number of amides is 1. The van der Waals surface area contributed by atoms with Crippen LogP contribution in [0.25, 0.3) is 0 Å². The van der Waals surface area contributed by atoms with Gasteiger partial charge in [-0.2, -0.15) is 5.10 Å². The first-order valence-corrected chi connectivity index (χ1v) is 8.15. The van der Waals surface area contributed by atoms with E-state index in [0.717, 1.165) is 17.0 Å². The minimum absolute atomic E-state index is 0.0132. The number of ether oxygens (including phenoxy) is 1. The highest BCUT2D eigenvalue weighted by molar-refractivity contribution is 5.79. The van der Waals surface area contributed by atoms with Crippen molar-refractivity contribution in [3.63, 3.8) is 0 Å². The summed E-state index contributed by atoms with van der Waals surface area (Å²) in [5, 5.41) is 17.4. The molecule has 0 saturated carbocycles. The second-order valence-electron chi connectivity index (χ2n) is 6.36. The number of aryl methyl sites for hydroxylation is 1. The van der Waals surface area contributed by atoms with Crippen molar-refractivity contribution in [2.75, 3.05) is 20.2 Å². The third kappa shape index (κ3) is 3.59. The smallest absolute Gasteiger partial charge is 0.227 e. The Morgan fingerprint density at radius 3 is 2.92 bits per heavy atom. The molecule has 128 valence electrons. The quantitative estimate of drug-likeness (QED) is 0.867. The van der Waals surface area contributed by atoms with E-state index < -0.39 is 6.10 Å². The van der Waals surface area contributed by atoms with Crippen molar-refractivity contribution in [3.05, 3.63) is 47.3 Å². The minimum Gasteiger partial charge on any atom is -0.496 e. The summed E-state index contributed by atoms with van der Waals surface area (Å²) in [6.45, 7) is 2.88. The number of carbonyl (C=O) groups excluding carboxylic acids is 1. The predicted molar refractivity (Wildman–Crippen MR) is 89.8 cm³/mol. The molecule has 6 heteroatoms. The number of aliphatic hydroxyl groups is 1. The Labute approximate surface area is 141 Å². The second-order valence-corrected chi connectivity index (χ2v) is 6.36. The lowest BCUT2D eigenvalue weighted by molar-refractivity contribution is -0.129. The van der Waals surface area contributed by atoms with Gasteiger partial charge in [-0.05, 0) is 25.5 Å². The molecular formula is C18H23N3O3. The lowest BCUT2D eigenvalue weighted by Crippen LogP contribution is -2.31. The number of aromatic amines is 1. The molecular weight excluding hydrogens is 306 g/mol. The van der Waals surface area contributed by atoms with Crippen LogP contribution in [-0.4, -0.2) is 52.4 Å². The summed E-state index contributed by atoms with van der Waals surface area (Å²) in [5.74, 6) is 0.753. The maximum Gasteiger partial charge on any atom is 0.227 e. The SMILES string of the molecule is COc1ccccc1CC(=O)N1C[C@@H](Cc2cc(C)[nH]n2)[C@H](O)C1. The zero-order valence-corrected chi connectivity index (χ0v) is 14.0. The van der Waals surface area contributed by atoms with Gasteiger partial charge in [0.25, 0.3) is 0 Å². The molecule has 2 N–H and O–H groups in total. The van der Waals surface area contributed by atoms with Crippen molar-refractivity contribution in [1.82, 2.24) is 15.1 Å². The molecule has 1 aromatic carbocycles. The topological polar surface area (TPSA) is 78.5 Å². The number of nitrogens with zero attached hydrogens (tertiary/aromatic N) is 2. The van der Waals surface area contributed by atoms with Crippen molar-refractivity contribution in [1.29, 1.82) is 0 Å². The third-order valence-corrected chi connectivity index (χ3v) is 4.52. The van der Waals surface area contributed by atoms with Gasteiger partial charge in [0.15, 0.2) is 0 Å². The molecule has 2 aromatic rings. The van der Waals surface area contributed by atoms with Crippen LogP contribution in [0.4, 0.5) is 0 Å². The highest BCUT2D eigenvalue weighted by Gasteiger charge is 2.34. The molecule has 2 heterocycles. The van der Waals surface area contributed by atoms with Gasteiger partial charge in [0.05, 0.1) is 25.3 Å². The van der Waals surface area contributed by atoms with Crippen molar-refractivity contribution in [3.8, 4) is 5.75 Å². The number of likely N-dealkylation sites (tertiary alicyclic amines) is 1. The van der Waals surface area contributed by atoms with E-state index in [4.69, 9.17) is 4.74 Å². The number of aliphatic hydroxyl groups excluding tert-OH is 1. The van der Waals surface area contributed by atoms with Gasteiger partial charge in [-0.15, -0.1) is 0 Å². The van der Waals surface area contributed by atoms with E-state index in [2.05, 4.69) is 10.2 Å². The zero-order chi connectivity index (χ0) is 17.1. The molecule has 6 nitrogen and oxygen atoms in total. The number of methoxy groups -OCH3 is 1. The molecule has 1 aliphatic heterocycles. The summed E-state index contributed by atoms with van der Waals surface area (Å²) >= 11 is 0. The Kier molecular flexibility index (Phi) is 4.85. The number of para-hydroxylation sites is 1. The van der Waals surface area contributed by atoms with Gasteiger partial charge < -0.3 is 14.7 Å². The molecule has 24 heavy (non-hydrogen) atoms. The van der Waals surface area contributed by atoms with Crippen LogP contribution >= 0.6 is 0 Å².